The molecule has 4 nitrogen and oxygen atoms in total. The number of hydrogen-bond acceptors (Lipinski definition) is 3. The van der Waals surface area contributed by atoms with E-state index in [2.05, 4.69) is 0 Å². The van der Waals surface area contributed by atoms with Gasteiger partial charge in [-0.2, -0.15) is 52.7 Å². The molecule has 0 saturated heterocycles. The number of halogens is 15. The highest BCUT2D eigenvalue weighted by Crippen LogP contribution is 2.43. The maximum Gasteiger partial charge on any atom is 0.417 e. The summed E-state index contributed by atoms with van der Waals surface area (Å²) in [7, 11) is -4.89. The van der Waals surface area contributed by atoms with Crippen LogP contribution in [0.5, 0.6) is 0 Å². The molecule has 0 heterocycles. The average molecular weight is 700 g/mol. The van der Waals surface area contributed by atoms with Gasteiger partial charge in [-0.3, -0.25) is 4.79 Å². The number of benzene rings is 2. The Morgan fingerprint density at radius 1 is 0.909 bits per heavy atom. The van der Waals surface area contributed by atoms with Crippen molar-refractivity contribution in [2.24, 2.45) is 0 Å². The lowest BCUT2D eigenvalue weighted by atomic mass is 9.94. The second-order valence-electron chi connectivity index (χ2n) is 9.20. The lowest BCUT2D eigenvalue weighted by molar-refractivity contribution is -0.142. The molecule has 2 atom stereocenters. The number of carbonyl (C=O) groups is 1. The number of allylic oxidation sites excluding steroid dienone is 1. The van der Waals surface area contributed by atoms with Gasteiger partial charge in [-0.15, -0.1) is 0 Å². The van der Waals surface area contributed by atoms with Crippen molar-refractivity contribution >= 4 is 33.2 Å². The normalized spacial score (nSPS) is 15.2. The zero-order chi connectivity index (χ0) is 34.2. The van der Waals surface area contributed by atoms with Crippen LogP contribution >= 0.6 is 11.6 Å². The molecule has 1 unspecified atom stereocenters. The van der Waals surface area contributed by atoms with Crippen molar-refractivity contribution in [1.82, 2.24) is 5.32 Å². The number of rotatable bonds is 8. The van der Waals surface area contributed by atoms with E-state index in [4.69, 9.17) is 11.6 Å². The molecule has 2 rings (SSSR count). The maximum atomic E-state index is 14.9. The molecule has 0 spiro atoms. The molecule has 0 aliphatic heterocycles. The summed E-state index contributed by atoms with van der Waals surface area (Å²) < 4.78 is 211. The summed E-state index contributed by atoms with van der Waals surface area (Å²) in [6, 6.07) is -1.52. The Hall–Kier alpha value is -3.09. The largest absolute Gasteiger partial charge is 0.417 e. The third-order valence-electron chi connectivity index (χ3n) is 5.49. The third-order valence-corrected chi connectivity index (χ3v) is 7.65. The molecule has 44 heavy (non-hydrogen) atoms. The van der Waals surface area contributed by atoms with E-state index in [1.807, 2.05) is 0 Å². The lowest BCUT2D eigenvalue weighted by Gasteiger charge is -2.20. The second-order valence-corrected chi connectivity index (χ2v) is 11.7. The van der Waals surface area contributed by atoms with Gasteiger partial charge in [0, 0.05) is 11.6 Å². The van der Waals surface area contributed by atoms with Crippen LogP contribution in [-0.2, 0) is 22.2 Å². The van der Waals surface area contributed by atoms with Crippen molar-refractivity contribution in [2.75, 3.05) is 11.5 Å². The monoisotopic (exact) mass is 699 g/mol. The fourth-order valence-electron chi connectivity index (χ4n) is 3.78. The van der Waals surface area contributed by atoms with Gasteiger partial charge in [0.25, 0.3) is 5.91 Å². The van der Waals surface area contributed by atoms with Crippen molar-refractivity contribution in [3.05, 3.63) is 75.1 Å². The number of alkyl halides is 12. The van der Waals surface area contributed by atoms with Gasteiger partial charge in [0.15, 0.2) is 9.84 Å². The van der Waals surface area contributed by atoms with Crippen LogP contribution in [0.15, 0.2) is 36.4 Å². The van der Waals surface area contributed by atoms with E-state index in [1.165, 1.54) is 0 Å². The summed E-state index contributed by atoms with van der Waals surface area (Å²) in [5.74, 6) is -12.8. The van der Waals surface area contributed by atoms with E-state index in [1.54, 1.807) is 5.32 Å². The van der Waals surface area contributed by atoms with Gasteiger partial charge in [0.1, 0.15) is 23.3 Å². The Balaban J connectivity index is 2.53. The fourth-order valence-corrected chi connectivity index (χ4v) is 5.45. The molecule has 0 saturated carbocycles. The van der Waals surface area contributed by atoms with Gasteiger partial charge in [-0.1, -0.05) is 17.7 Å². The van der Waals surface area contributed by atoms with E-state index in [0.717, 1.165) is 6.92 Å². The Bertz CT molecular complexity index is 1530. The van der Waals surface area contributed by atoms with Crippen LogP contribution in [-0.4, -0.2) is 44.2 Å². The molecule has 1 amide bonds. The first kappa shape index (κ1) is 37.1. The standard InChI is InChI=1S/C24H16ClF14NO3S/c1-10(8-44(42,43)9-21(28,29)30)40-20(41)13-3-2-11(4-15(13)23(34,35)36)17(26)7-14(22(31,32)33)12-5-16(24(37,38)39)19(25)18(27)6-12/h2-7,10,14H,8-9H2,1H3,(H,40,41)/b17-7-/t10-,14?/m1/s1. The predicted molar refractivity (Wildman–Crippen MR) is 127 cm³/mol. The van der Waals surface area contributed by atoms with Crippen LogP contribution in [0.4, 0.5) is 61.5 Å². The van der Waals surface area contributed by atoms with Gasteiger partial charge < -0.3 is 5.32 Å². The minimum Gasteiger partial charge on any atom is -0.349 e. The molecule has 2 aromatic carbocycles. The Morgan fingerprint density at radius 2 is 1.45 bits per heavy atom. The van der Waals surface area contributed by atoms with E-state index >= 15 is 0 Å². The fraction of sp³-hybridized carbons (Fsp3) is 0.375. The SMILES string of the molecule is C[C@H](CS(=O)(=O)CC(F)(F)F)NC(=O)c1ccc(/C(F)=C/C(c2cc(F)c(Cl)c(C(F)(F)F)c2)C(F)(F)F)cc1C(F)(F)F. The van der Waals surface area contributed by atoms with E-state index in [9.17, 15) is 74.7 Å². The minimum absolute atomic E-state index is 0.0792. The number of sulfone groups is 1. The highest BCUT2D eigenvalue weighted by molar-refractivity contribution is 7.91. The second kappa shape index (κ2) is 12.7. The number of amides is 1. The van der Waals surface area contributed by atoms with Gasteiger partial charge in [0.2, 0.25) is 0 Å². The van der Waals surface area contributed by atoms with Crippen molar-refractivity contribution in [3.8, 4) is 0 Å². The molecule has 0 fully saturated rings. The molecule has 0 aliphatic rings. The average Bonchev–Trinajstić information content (AvgIpc) is 2.79. The van der Waals surface area contributed by atoms with Crippen LogP contribution < -0.4 is 5.32 Å². The van der Waals surface area contributed by atoms with Gasteiger partial charge in [-0.05, 0) is 42.8 Å². The van der Waals surface area contributed by atoms with Crippen LogP contribution in [0.2, 0.25) is 5.02 Å². The smallest absolute Gasteiger partial charge is 0.349 e. The number of nitrogens with one attached hydrogen (secondary N) is 1. The molecule has 0 radical (unpaired) electrons. The zero-order valence-corrected chi connectivity index (χ0v) is 22.9. The molecule has 1 N–H and O–H groups in total. The lowest BCUT2D eigenvalue weighted by Crippen LogP contribution is -2.40. The maximum absolute atomic E-state index is 14.9. The zero-order valence-electron chi connectivity index (χ0n) is 21.3. The molecular weight excluding hydrogens is 684 g/mol. The van der Waals surface area contributed by atoms with Crippen molar-refractivity contribution < 1.29 is 74.7 Å². The summed E-state index contributed by atoms with van der Waals surface area (Å²) >= 11 is 5.18. The van der Waals surface area contributed by atoms with E-state index < -0.39 is 114 Å². The van der Waals surface area contributed by atoms with Crippen molar-refractivity contribution in [2.45, 2.75) is 43.6 Å². The number of hydrogen-bond donors (Lipinski definition) is 1. The first-order chi connectivity index (χ1) is 19.6. The quantitative estimate of drug-likeness (QED) is 0.282. The van der Waals surface area contributed by atoms with Crippen molar-refractivity contribution in [3.63, 3.8) is 0 Å². The van der Waals surface area contributed by atoms with Crippen LogP contribution in [0, 0.1) is 5.82 Å². The van der Waals surface area contributed by atoms with E-state index in [0.29, 0.717) is 6.07 Å². The molecule has 2 aromatic rings. The summed E-state index contributed by atoms with van der Waals surface area (Å²) in [6.07, 6.45) is -22.2. The van der Waals surface area contributed by atoms with Gasteiger partial charge >= 0.3 is 24.7 Å². The Morgan fingerprint density at radius 3 is 1.93 bits per heavy atom. The summed E-state index contributed by atoms with van der Waals surface area (Å²) in [4.78, 5) is 12.4. The highest BCUT2D eigenvalue weighted by Gasteiger charge is 2.43. The Labute approximate surface area is 243 Å². The first-order valence-electron chi connectivity index (χ1n) is 11.4. The minimum atomic E-state index is -5.62. The van der Waals surface area contributed by atoms with E-state index in [-0.39, 0.29) is 24.3 Å². The first-order valence-corrected chi connectivity index (χ1v) is 13.6. The highest BCUT2D eigenvalue weighted by atomic mass is 35.5. The summed E-state index contributed by atoms with van der Waals surface area (Å²) in [5.41, 5.74) is -8.15. The molecule has 0 aliphatic carbocycles. The summed E-state index contributed by atoms with van der Waals surface area (Å²) in [6.45, 7) is 0.844. The number of carbonyl (C=O) groups excluding carboxylic acids is 1. The third kappa shape index (κ3) is 9.97. The molecule has 246 valence electrons. The molecule has 0 aromatic heterocycles. The van der Waals surface area contributed by atoms with Gasteiger partial charge in [-0.25, -0.2) is 17.2 Å². The summed E-state index contributed by atoms with van der Waals surface area (Å²) in [5, 5.41) is 0.124. The van der Waals surface area contributed by atoms with Crippen LogP contribution in [0.3, 0.4) is 0 Å². The Kier molecular flexibility index (Phi) is 10.7. The van der Waals surface area contributed by atoms with Gasteiger partial charge in [0.05, 0.1) is 27.5 Å². The van der Waals surface area contributed by atoms with Crippen LogP contribution in [0.25, 0.3) is 5.83 Å². The van der Waals surface area contributed by atoms with Crippen LogP contribution in [0.1, 0.15) is 45.5 Å². The molecule has 20 heteroatoms. The molecule has 0 bridgehead atoms. The predicted octanol–water partition coefficient (Wildman–Crippen LogP) is 8.27. The topological polar surface area (TPSA) is 63.2 Å². The van der Waals surface area contributed by atoms with Crippen molar-refractivity contribution in [1.29, 1.82) is 0 Å². The molecular formula is C24H16ClF14NO3S.